The van der Waals surface area contributed by atoms with E-state index in [4.69, 9.17) is 0 Å². The van der Waals surface area contributed by atoms with Gasteiger partial charge >= 0.3 is 0 Å². The summed E-state index contributed by atoms with van der Waals surface area (Å²) in [5.41, 5.74) is 1.49. The number of nitrogens with one attached hydrogen (secondary N) is 2. The lowest BCUT2D eigenvalue weighted by atomic mass is 10.1. The first-order valence-electron chi connectivity index (χ1n) is 9.03. The predicted molar refractivity (Wildman–Crippen MR) is 103 cm³/mol. The van der Waals surface area contributed by atoms with Crippen LogP contribution >= 0.6 is 0 Å². The Kier molecular flexibility index (Phi) is 9.55. The molecule has 0 aliphatic rings. The zero-order chi connectivity index (χ0) is 18.7. The van der Waals surface area contributed by atoms with Crippen LogP contribution in [0.3, 0.4) is 0 Å². The summed E-state index contributed by atoms with van der Waals surface area (Å²) in [6, 6.07) is 7.28. The second-order valence-corrected chi connectivity index (χ2v) is 6.11. The molecule has 0 bridgehead atoms. The number of rotatable bonds is 10. The molecule has 25 heavy (non-hydrogen) atoms. The number of carbonyl (C=O) groups is 2. The van der Waals surface area contributed by atoms with Gasteiger partial charge in [0, 0.05) is 24.7 Å². The Morgan fingerprint density at radius 2 is 1.80 bits per heavy atom. The molecule has 0 radical (unpaired) electrons. The number of hydrogen-bond donors (Lipinski definition) is 2. The second-order valence-electron chi connectivity index (χ2n) is 6.11. The first kappa shape index (κ1) is 20.9. The zero-order valence-electron chi connectivity index (χ0n) is 15.8. The fourth-order valence-electron chi connectivity index (χ4n) is 2.59. The van der Waals surface area contributed by atoms with E-state index in [1.54, 1.807) is 25.3 Å². The van der Waals surface area contributed by atoms with Crippen LogP contribution < -0.4 is 10.6 Å². The molecule has 1 atom stereocenters. The van der Waals surface area contributed by atoms with E-state index >= 15 is 0 Å². The molecule has 5 nitrogen and oxygen atoms in total. The third-order valence-corrected chi connectivity index (χ3v) is 4.22. The van der Waals surface area contributed by atoms with Crippen molar-refractivity contribution < 1.29 is 9.59 Å². The van der Waals surface area contributed by atoms with Crippen molar-refractivity contribution in [3.8, 4) is 0 Å². The van der Waals surface area contributed by atoms with Crippen molar-refractivity contribution in [3.63, 3.8) is 0 Å². The third kappa shape index (κ3) is 7.98. The maximum Gasteiger partial charge on any atom is 0.251 e. The number of carbonyl (C=O) groups excluding carboxylic acids is 2. The van der Waals surface area contributed by atoms with Crippen LogP contribution in [0.1, 0.15) is 49.5 Å². The minimum atomic E-state index is -0.119. The van der Waals surface area contributed by atoms with Crippen LogP contribution in [0.5, 0.6) is 0 Å². The van der Waals surface area contributed by atoms with Gasteiger partial charge in [-0.3, -0.25) is 9.59 Å². The average Bonchev–Trinajstić information content (AvgIpc) is 2.63. The van der Waals surface area contributed by atoms with Crippen LogP contribution in [0.15, 0.2) is 30.3 Å². The van der Waals surface area contributed by atoms with Gasteiger partial charge in [0.2, 0.25) is 5.91 Å². The molecule has 0 aliphatic carbocycles. The molecule has 0 saturated carbocycles. The molecular weight excluding hydrogens is 314 g/mol. The Hall–Kier alpha value is -2.14. The topological polar surface area (TPSA) is 61.4 Å². The average molecular weight is 345 g/mol. The SMILES string of the molecule is CCN(CC)CCC[C@H](C)NC(=O)/C=C\c1ccc(C(=O)NC)cc1. The van der Waals surface area contributed by atoms with E-state index in [9.17, 15) is 9.59 Å². The van der Waals surface area contributed by atoms with Crippen molar-refractivity contribution in [3.05, 3.63) is 41.5 Å². The summed E-state index contributed by atoms with van der Waals surface area (Å²) < 4.78 is 0. The fourth-order valence-corrected chi connectivity index (χ4v) is 2.59. The summed E-state index contributed by atoms with van der Waals surface area (Å²) in [5.74, 6) is -0.211. The van der Waals surface area contributed by atoms with Gasteiger partial charge in [0.05, 0.1) is 0 Å². The Balaban J connectivity index is 2.39. The number of amides is 2. The van der Waals surface area contributed by atoms with Gasteiger partial charge in [-0.2, -0.15) is 0 Å². The molecule has 0 unspecified atom stereocenters. The molecule has 0 saturated heterocycles. The first-order valence-corrected chi connectivity index (χ1v) is 9.03. The third-order valence-electron chi connectivity index (χ3n) is 4.22. The number of hydrogen-bond acceptors (Lipinski definition) is 3. The maximum absolute atomic E-state index is 12.0. The van der Waals surface area contributed by atoms with Gasteiger partial charge in [0.15, 0.2) is 0 Å². The van der Waals surface area contributed by atoms with Crippen molar-refractivity contribution >= 4 is 17.9 Å². The van der Waals surface area contributed by atoms with Gasteiger partial charge in [-0.1, -0.05) is 26.0 Å². The van der Waals surface area contributed by atoms with Crippen LogP contribution in [0.25, 0.3) is 6.08 Å². The van der Waals surface area contributed by atoms with Crippen molar-refractivity contribution in [2.24, 2.45) is 0 Å². The lowest BCUT2D eigenvalue weighted by Crippen LogP contribution is -2.32. The molecule has 2 amide bonds. The fraction of sp³-hybridized carbons (Fsp3) is 0.500. The normalized spacial score (nSPS) is 12.4. The van der Waals surface area contributed by atoms with Crippen molar-refractivity contribution in [2.75, 3.05) is 26.7 Å². The molecule has 0 heterocycles. The lowest BCUT2D eigenvalue weighted by molar-refractivity contribution is -0.117. The molecule has 0 fully saturated rings. The Labute approximate surface area is 151 Å². The zero-order valence-corrected chi connectivity index (χ0v) is 15.8. The highest BCUT2D eigenvalue weighted by Gasteiger charge is 2.06. The van der Waals surface area contributed by atoms with Crippen LogP contribution in [-0.4, -0.2) is 49.4 Å². The van der Waals surface area contributed by atoms with E-state index in [1.807, 2.05) is 19.1 Å². The molecule has 0 spiro atoms. The van der Waals surface area contributed by atoms with Gasteiger partial charge in [-0.05, 0) is 63.2 Å². The summed E-state index contributed by atoms with van der Waals surface area (Å²) in [5, 5.41) is 5.57. The van der Waals surface area contributed by atoms with Gasteiger partial charge in [-0.25, -0.2) is 0 Å². The molecule has 138 valence electrons. The molecular formula is C20H31N3O2. The highest BCUT2D eigenvalue weighted by Crippen LogP contribution is 2.06. The highest BCUT2D eigenvalue weighted by molar-refractivity contribution is 5.94. The van der Waals surface area contributed by atoms with Crippen molar-refractivity contribution in [2.45, 2.75) is 39.7 Å². The predicted octanol–water partition coefficient (Wildman–Crippen LogP) is 2.69. The smallest absolute Gasteiger partial charge is 0.251 e. The molecule has 0 aromatic heterocycles. The molecule has 2 N–H and O–H groups in total. The molecule has 0 aliphatic heterocycles. The van der Waals surface area contributed by atoms with E-state index in [0.717, 1.165) is 38.0 Å². The van der Waals surface area contributed by atoms with E-state index in [-0.39, 0.29) is 17.9 Å². The van der Waals surface area contributed by atoms with Gasteiger partial charge in [0.25, 0.3) is 5.91 Å². The summed E-state index contributed by atoms with van der Waals surface area (Å²) >= 11 is 0. The summed E-state index contributed by atoms with van der Waals surface area (Å²) in [7, 11) is 1.60. The Bertz CT molecular complexity index is 563. The Morgan fingerprint density at radius 1 is 1.16 bits per heavy atom. The lowest BCUT2D eigenvalue weighted by Gasteiger charge is -2.19. The van der Waals surface area contributed by atoms with E-state index in [1.165, 1.54) is 6.08 Å². The van der Waals surface area contributed by atoms with E-state index < -0.39 is 0 Å². The highest BCUT2D eigenvalue weighted by atomic mass is 16.2. The Morgan fingerprint density at radius 3 is 2.36 bits per heavy atom. The molecule has 5 heteroatoms. The van der Waals surface area contributed by atoms with Gasteiger partial charge in [0.1, 0.15) is 0 Å². The van der Waals surface area contributed by atoms with E-state index in [2.05, 4.69) is 29.4 Å². The quantitative estimate of drug-likeness (QED) is 0.641. The molecule has 1 aromatic carbocycles. The van der Waals surface area contributed by atoms with Crippen LogP contribution in [-0.2, 0) is 4.79 Å². The summed E-state index contributed by atoms with van der Waals surface area (Å²) in [4.78, 5) is 25.9. The van der Waals surface area contributed by atoms with Crippen molar-refractivity contribution in [1.82, 2.24) is 15.5 Å². The van der Waals surface area contributed by atoms with Crippen LogP contribution in [0, 0.1) is 0 Å². The second kappa shape index (κ2) is 11.4. The van der Waals surface area contributed by atoms with Crippen LogP contribution in [0.4, 0.5) is 0 Å². The number of benzene rings is 1. The van der Waals surface area contributed by atoms with Gasteiger partial charge < -0.3 is 15.5 Å². The van der Waals surface area contributed by atoms with Crippen LogP contribution in [0.2, 0.25) is 0 Å². The van der Waals surface area contributed by atoms with E-state index in [0.29, 0.717) is 5.56 Å². The monoisotopic (exact) mass is 345 g/mol. The standard InChI is InChI=1S/C20H31N3O2/c1-5-23(6-2)15-7-8-16(3)22-19(24)14-11-17-9-12-18(13-10-17)20(25)21-4/h9-14,16H,5-8,15H2,1-4H3,(H,21,25)(H,22,24)/b14-11-/t16-/m0/s1. The first-order chi connectivity index (χ1) is 12.0. The minimum absolute atomic E-state index is 0.0919. The van der Waals surface area contributed by atoms with Crippen molar-refractivity contribution in [1.29, 1.82) is 0 Å². The minimum Gasteiger partial charge on any atom is -0.355 e. The molecule has 1 rings (SSSR count). The number of nitrogens with zero attached hydrogens (tertiary/aromatic N) is 1. The largest absolute Gasteiger partial charge is 0.355 e. The molecule has 1 aromatic rings. The van der Waals surface area contributed by atoms with Gasteiger partial charge in [-0.15, -0.1) is 0 Å². The summed E-state index contributed by atoms with van der Waals surface area (Å²) in [6.45, 7) is 9.58. The summed E-state index contributed by atoms with van der Waals surface area (Å²) in [6.07, 6.45) is 5.34. The maximum atomic E-state index is 12.0.